The number of hydrogen-bond donors (Lipinski definition) is 3. The first-order chi connectivity index (χ1) is 15.8. The molecule has 11 heteroatoms. The van der Waals surface area contributed by atoms with E-state index in [0.29, 0.717) is 18.0 Å². The highest BCUT2D eigenvalue weighted by Crippen LogP contribution is 2.36. The fourth-order valence-corrected chi connectivity index (χ4v) is 3.07. The van der Waals surface area contributed by atoms with Gasteiger partial charge in [0.25, 0.3) is 0 Å². The number of nitrogens with zero attached hydrogens (tertiary/aromatic N) is 2. The largest absolute Gasteiger partial charge is 0.493 e. The first-order valence-corrected chi connectivity index (χ1v) is 9.66. The second kappa shape index (κ2) is 10.3. The molecule has 0 saturated heterocycles. The number of methoxy groups -OCH3 is 2. The van der Waals surface area contributed by atoms with Gasteiger partial charge in [-0.2, -0.15) is 0 Å². The summed E-state index contributed by atoms with van der Waals surface area (Å²) in [5.74, 6) is 0.0738. The summed E-state index contributed by atoms with van der Waals surface area (Å²) in [6.45, 7) is 0.883. The Morgan fingerprint density at radius 1 is 1.03 bits per heavy atom. The van der Waals surface area contributed by atoms with Crippen LogP contribution in [-0.4, -0.2) is 52.7 Å². The lowest BCUT2D eigenvalue weighted by atomic mass is 10.1. The van der Waals surface area contributed by atoms with Crippen LogP contribution in [0, 0.1) is 0 Å². The molecule has 33 heavy (non-hydrogen) atoms. The third kappa shape index (κ3) is 5.45. The van der Waals surface area contributed by atoms with Crippen molar-refractivity contribution >= 4 is 17.9 Å². The number of aliphatic carboxylic acids is 2. The maximum absolute atomic E-state index is 9.10. The predicted octanol–water partition coefficient (Wildman–Crippen LogP) is 2.60. The molecule has 0 atom stereocenters. The number of anilines is 1. The number of benzene rings is 2. The van der Waals surface area contributed by atoms with Crippen molar-refractivity contribution in [2.75, 3.05) is 26.3 Å². The normalized spacial score (nSPS) is 11.2. The molecule has 0 fully saturated rings. The zero-order chi connectivity index (χ0) is 24.0. The number of carboxylic acid groups (broad SMARTS) is 2. The molecular weight excluding hydrogens is 434 g/mol. The fourth-order valence-electron chi connectivity index (χ4n) is 3.07. The van der Waals surface area contributed by atoms with Crippen molar-refractivity contribution in [1.82, 2.24) is 9.55 Å². The third-order valence-electron chi connectivity index (χ3n) is 4.74. The Morgan fingerprint density at radius 2 is 1.73 bits per heavy atom. The van der Waals surface area contributed by atoms with Gasteiger partial charge < -0.3 is 39.0 Å². The molecule has 4 rings (SSSR count). The average Bonchev–Trinajstić information content (AvgIpc) is 3.43. The quantitative estimate of drug-likeness (QED) is 0.473. The number of imidazole rings is 1. The van der Waals surface area contributed by atoms with Gasteiger partial charge in [0.05, 0.1) is 26.1 Å². The Bertz CT molecular complexity index is 1150. The zero-order valence-corrected chi connectivity index (χ0v) is 18.2. The van der Waals surface area contributed by atoms with E-state index in [1.807, 2.05) is 54.2 Å². The summed E-state index contributed by atoms with van der Waals surface area (Å²) in [6, 6.07) is 11.7. The Kier molecular flexibility index (Phi) is 7.24. The van der Waals surface area contributed by atoms with Gasteiger partial charge in [0.15, 0.2) is 23.0 Å². The summed E-state index contributed by atoms with van der Waals surface area (Å²) in [4.78, 5) is 22.7. The third-order valence-corrected chi connectivity index (χ3v) is 4.74. The topological polar surface area (TPSA) is 141 Å². The van der Waals surface area contributed by atoms with Gasteiger partial charge in [0.1, 0.15) is 0 Å². The van der Waals surface area contributed by atoms with Gasteiger partial charge in [0.2, 0.25) is 12.7 Å². The van der Waals surface area contributed by atoms with E-state index in [0.717, 1.165) is 34.3 Å². The molecular formula is C22H23N3O8. The summed E-state index contributed by atoms with van der Waals surface area (Å²) < 4.78 is 23.5. The predicted molar refractivity (Wildman–Crippen MR) is 117 cm³/mol. The molecule has 2 heterocycles. The fraction of sp³-hybridized carbons (Fsp3) is 0.227. The second-order valence-corrected chi connectivity index (χ2v) is 6.75. The van der Waals surface area contributed by atoms with Crippen LogP contribution in [0.15, 0.2) is 42.6 Å². The van der Waals surface area contributed by atoms with E-state index in [-0.39, 0.29) is 6.79 Å². The van der Waals surface area contributed by atoms with Crippen molar-refractivity contribution in [3.8, 4) is 34.3 Å². The second-order valence-electron chi connectivity index (χ2n) is 6.75. The van der Waals surface area contributed by atoms with E-state index >= 15 is 0 Å². The molecule has 0 amide bonds. The van der Waals surface area contributed by atoms with Crippen LogP contribution in [-0.2, 0) is 23.2 Å². The van der Waals surface area contributed by atoms with Gasteiger partial charge >= 0.3 is 11.9 Å². The van der Waals surface area contributed by atoms with Crippen molar-refractivity contribution in [1.29, 1.82) is 0 Å². The molecule has 3 N–H and O–H groups in total. The maximum atomic E-state index is 9.10. The summed E-state index contributed by atoms with van der Waals surface area (Å²) >= 11 is 0. The van der Waals surface area contributed by atoms with E-state index < -0.39 is 11.9 Å². The van der Waals surface area contributed by atoms with E-state index in [9.17, 15) is 0 Å². The monoisotopic (exact) mass is 457 g/mol. The molecule has 0 radical (unpaired) electrons. The number of fused-ring (bicyclic) bond motifs is 1. The molecule has 3 aromatic rings. The first-order valence-electron chi connectivity index (χ1n) is 9.66. The Balaban J connectivity index is 0.000000454. The standard InChI is InChI=1S/C20H21N3O4.C2H2O4/c1-23-15(14-5-7-17-19(9-14)27-12-26-17)11-22-20(23)21-10-13-4-6-16(24-2)18(8-13)25-3;3-1(4)2(5)6/h4-9,11H,10,12H2,1-3H3,(H,21,22);(H,3,4)(H,5,6). The molecule has 1 aromatic heterocycles. The Labute approximate surface area is 189 Å². The molecule has 0 unspecified atom stereocenters. The SMILES string of the molecule is COc1ccc(CNc2ncc(-c3ccc4c(c3)OCO4)n2C)cc1OC.O=C(O)C(=O)O. The molecule has 2 aromatic carbocycles. The zero-order valence-electron chi connectivity index (χ0n) is 18.2. The smallest absolute Gasteiger partial charge is 0.414 e. The Hall–Kier alpha value is -4.41. The van der Waals surface area contributed by atoms with E-state index in [4.69, 9.17) is 38.7 Å². The molecule has 1 aliphatic rings. The first kappa shape index (κ1) is 23.3. The van der Waals surface area contributed by atoms with Gasteiger partial charge in [-0.1, -0.05) is 6.07 Å². The van der Waals surface area contributed by atoms with Crippen LogP contribution >= 0.6 is 0 Å². The minimum atomic E-state index is -1.82. The molecule has 0 saturated carbocycles. The van der Waals surface area contributed by atoms with E-state index in [1.165, 1.54) is 0 Å². The van der Waals surface area contributed by atoms with Gasteiger partial charge in [-0.15, -0.1) is 0 Å². The lowest BCUT2D eigenvalue weighted by molar-refractivity contribution is -0.159. The van der Waals surface area contributed by atoms with Crippen LogP contribution in [0.2, 0.25) is 0 Å². The van der Waals surface area contributed by atoms with Crippen molar-refractivity contribution in [2.45, 2.75) is 6.54 Å². The summed E-state index contributed by atoms with van der Waals surface area (Å²) in [5.41, 5.74) is 3.08. The lowest BCUT2D eigenvalue weighted by Gasteiger charge is -2.11. The van der Waals surface area contributed by atoms with Gasteiger partial charge in [-0.25, -0.2) is 14.6 Å². The molecule has 11 nitrogen and oxygen atoms in total. The number of rotatable bonds is 6. The van der Waals surface area contributed by atoms with Crippen LogP contribution in [0.25, 0.3) is 11.3 Å². The van der Waals surface area contributed by atoms with Crippen molar-refractivity contribution < 1.29 is 38.7 Å². The maximum Gasteiger partial charge on any atom is 0.414 e. The van der Waals surface area contributed by atoms with E-state index in [1.54, 1.807) is 14.2 Å². The van der Waals surface area contributed by atoms with Crippen LogP contribution in [0.1, 0.15) is 5.56 Å². The van der Waals surface area contributed by atoms with Crippen molar-refractivity contribution in [3.63, 3.8) is 0 Å². The number of aromatic nitrogens is 2. The number of hydrogen-bond acceptors (Lipinski definition) is 8. The van der Waals surface area contributed by atoms with Crippen LogP contribution in [0.4, 0.5) is 5.95 Å². The van der Waals surface area contributed by atoms with Crippen molar-refractivity contribution in [2.24, 2.45) is 7.05 Å². The minimum Gasteiger partial charge on any atom is -0.493 e. The highest BCUT2D eigenvalue weighted by Gasteiger charge is 2.16. The number of nitrogens with one attached hydrogen (secondary N) is 1. The van der Waals surface area contributed by atoms with Crippen LogP contribution in [0.5, 0.6) is 23.0 Å². The number of carbonyl (C=O) groups is 2. The highest BCUT2D eigenvalue weighted by atomic mass is 16.7. The van der Waals surface area contributed by atoms with E-state index in [2.05, 4.69) is 10.3 Å². The highest BCUT2D eigenvalue weighted by molar-refractivity contribution is 6.27. The number of carboxylic acids is 2. The van der Waals surface area contributed by atoms with Gasteiger partial charge in [0, 0.05) is 19.2 Å². The summed E-state index contributed by atoms with van der Waals surface area (Å²) in [6.07, 6.45) is 1.84. The van der Waals surface area contributed by atoms with Gasteiger partial charge in [-0.3, -0.25) is 0 Å². The molecule has 0 spiro atoms. The summed E-state index contributed by atoms with van der Waals surface area (Å²) in [5, 5.41) is 18.1. The summed E-state index contributed by atoms with van der Waals surface area (Å²) in [7, 11) is 5.23. The molecule has 174 valence electrons. The lowest BCUT2D eigenvalue weighted by Crippen LogP contribution is -2.09. The van der Waals surface area contributed by atoms with Crippen LogP contribution in [0.3, 0.4) is 0 Å². The van der Waals surface area contributed by atoms with Gasteiger partial charge in [-0.05, 0) is 35.9 Å². The molecule has 1 aliphatic heterocycles. The molecule has 0 aliphatic carbocycles. The minimum absolute atomic E-state index is 0.266. The number of ether oxygens (including phenoxy) is 4. The van der Waals surface area contributed by atoms with Crippen LogP contribution < -0.4 is 24.3 Å². The average molecular weight is 457 g/mol. The molecule has 0 bridgehead atoms. The van der Waals surface area contributed by atoms with Crippen molar-refractivity contribution in [3.05, 3.63) is 48.2 Å². The Morgan fingerprint density at radius 3 is 2.39 bits per heavy atom.